The Bertz CT molecular complexity index is 229. The summed E-state index contributed by atoms with van der Waals surface area (Å²) >= 11 is 0. The van der Waals surface area contributed by atoms with E-state index in [4.69, 9.17) is 4.74 Å². The predicted octanol–water partition coefficient (Wildman–Crippen LogP) is 0.877. The van der Waals surface area contributed by atoms with Crippen LogP contribution < -0.4 is 5.32 Å². The van der Waals surface area contributed by atoms with Gasteiger partial charge in [-0.3, -0.25) is 4.79 Å². The van der Waals surface area contributed by atoms with E-state index in [0.717, 1.165) is 25.9 Å². The van der Waals surface area contributed by atoms with Crippen LogP contribution in [0, 0.1) is 0 Å². The minimum Gasteiger partial charge on any atom is -0.361 e. The fraction of sp³-hybridized carbons (Fsp3) is 0.900. The van der Waals surface area contributed by atoms with Gasteiger partial charge in [-0.2, -0.15) is 0 Å². The molecule has 1 N–H and O–H groups in total. The van der Waals surface area contributed by atoms with Gasteiger partial charge in [-0.1, -0.05) is 0 Å². The van der Waals surface area contributed by atoms with Gasteiger partial charge in [0.1, 0.15) is 5.60 Å². The van der Waals surface area contributed by atoms with Crippen molar-refractivity contribution in [1.29, 1.82) is 0 Å². The van der Waals surface area contributed by atoms with Crippen LogP contribution in [0.3, 0.4) is 0 Å². The molecule has 74 valence electrons. The summed E-state index contributed by atoms with van der Waals surface area (Å²) in [5, 5.41) is 3.29. The maximum absolute atomic E-state index is 11.6. The summed E-state index contributed by atoms with van der Waals surface area (Å²) in [6.07, 6.45) is 2.56. The van der Waals surface area contributed by atoms with Crippen molar-refractivity contribution in [3.05, 3.63) is 0 Å². The minimum absolute atomic E-state index is 0.133. The third kappa shape index (κ3) is 1.51. The predicted molar refractivity (Wildman–Crippen MR) is 49.6 cm³/mol. The molecule has 3 heteroatoms. The SMILES string of the molecule is CC1(C)OC2(CCNCC2)CC1=O. The second-order valence-electron chi connectivity index (χ2n) is 4.65. The molecule has 2 saturated heterocycles. The zero-order valence-electron chi connectivity index (χ0n) is 8.35. The van der Waals surface area contributed by atoms with Gasteiger partial charge in [0.15, 0.2) is 5.78 Å². The maximum Gasteiger partial charge on any atom is 0.166 e. The van der Waals surface area contributed by atoms with E-state index in [1.807, 2.05) is 13.8 Å². The van der Waals surface area contributed by atoms with E-state index >= 15 is 0 Å². The molecule has 0 bridgehead atoms. The molecule has 2 heterocycles. The second kappa shape index (κ2) is 2.79. The number of carbonyl (C=O) groups is 1. The first-order valence-electron chi connectivity index (χ1n) is 4.98. The molecule has 0 aromatic heterocycles. The largest absolute Gasteiger partial charge is 0.361 e. The minimum atomic E-state index is -0.544. The van der Waals surface area contributed by atoms with Gasteiger partial charge in [-0.15, -0.1) is 0 Å². The first kappa shape index (κ1) is 9.16. The number of nitrogens with one attached hydrogen (secondary N) is 1. The van der Waals surface area contributed by atoms with E-state index < -0.39 is 5.60 Å². The van der Waals surface area contributed by atoms with Crippen LogP contribution in [-0.4, -0.2) is 30.1 Å². The van der Waals surface area contributed by atoms with Gasteiger partial charge < -0.3 is 10.1 Å². The van der Waals surface area contributed by atoms with Crippen LogP contribution >= 0.6 is 0 Å². The van der Waals surface area contributed by atoms with Crippen LogP contribution in [0.25, 0.3) is 0 Å². The Morgan fingerprint density at radius 3 is 2.38 bits per heavy atom. The van der Waals surface area contributed by atoms with Crippen LogP contribution in [0.2, 0.25) is 0 Å². The van der Waals surface area contributed by atoms with Crippen molar-refractivity contribution in [2.24, 2.45) is 0 Å². The first-order chi connectivity index (χ1) is 6.04. The molecule has 2 aliphatic rings. The molecule has 0 aromatic rings. The molecule has 1 spiro atoms. The van der Waals surface area contributed by atoms with E-state index in [2.05, 4.69) is 5.32 Å². The van der Waals surface area contributed by atoms with Crippen molar-refractivity contribution in [3.8, 4) is 0 Å². The van der Waals surface area contributed by atoms with Gasteiger partial charge in [0.05, 0.1) is 5.60 Å². The molecule has 0 aliphatic carbocycles. The molecular weight excluding hydrogens is 166 g/mol. The average molecular weight is 183 g/mol. The first-order valence-corrected chi connectivity index (χ1v) is 4.98. The van der Waals surface area contributed by atoms with E-state index in [9.17, 15) is 4.79 Å². The van der Waals surface area contributed by atoms with Crippen LogP contribution in [0.15, 0.2) is 0 Å². The zero-order chi connectivity index (χ0) is 9.53. The Morgan fingerprint density at radius 2 is 1.92 bits per heavy atom. The fourth-order valence-corrected chi connectivity index (χ4v) is 2.30. The highest BCUT2D eigenvalue weighted by Crippen LogP contribution is 2.40. The third-order valence-corrected chi connectivity index (χ3v) is 3.14. The molecule has 0 radical (unpaired) electrons. The summed E-state index contributed by atoms with van der Waals surface area (Å²) < 4.78 is 5.90. The number of ketones is 1. The van der Waals surface area contributed by atoms with E-state index in [-0.39, 0.29) is 11.4 Å². The van der Waals surface area contributed by atoms with Gasteiger partial charge in [-0.05, 0) is 39.8 Å². The van der Waals surface area contributed by atoms with Gasteiger partial charge in [0, 0.05) is 6.42 Å². The van der Waals surface area contributed by atoms with Crippen molar-refractivity contribution < 1.29 is 9.53 Å². The molecule has 13 heavy (non-hydrogen) atoms. The molecule has 2 aliphatic heterocycles. The van der Waals surface area contributed by atoms with Crippen LogP contribution in [-0.2, 0) is 9.53 Å². The van der Waals surface area contributed by atoms with Crippen LogP contribution in [0.4, 0.5) is 0 Å². The monoisotopic (exact) mass is 183 g/mol. The summed E-state index contributed by atoms with van der Waals surface area (Å²) in [6.45, 7) is 5.71. The van der Waals surface area contributed by atoms with Gasteiger partial charge >= 0.3 is 0 Å². The Balaban J connectivity index is 2.14. The third-order valence-electron chi connectivity index (χ3n) is 3.14. The maximum atomic E-state index is 11.6. The number of piperidine rings is 1. The highest BCUT2D eigenvalue weighted by atomic mass is 16.5. The summed E-state index contributed by atoms with van der Waals surface area (Å²) in [6, 6.07) is 0. The zero-order valence-corrected chi connectivity index (χ0v) is 8.35. The molecule has 2 fully saturated rings. The van der Waals surface area contributed by atoms with Crippen molar-refractivity contribution >= 4 is 5.78 Å². The van der Waals surface area contributed by atoms with Crippen LogP contribution in [0.1, 0.15) is 33.1 Å². The lowest BCUT2D eigenvalue weighted by atomic mass is 9.88. The lowest BCUT2D eigenvalue weighted by Gasteiger charge is -2.34. The molecule has 0 aromatic carbocycles. The summed E-state index contributed by atoms with van der Waals surface area (Å²) in [5.74, 6) is 0.259. The highest BCUT2D eigenvalue weighted by molar-refractivity contribution is 5.89. The van der Waals surface area contributed by atoms with Crippen molar-refractivity contribution in [1.82, 2.24) is 5.32 Å². The van der Waals surface area contributed by atoms with Crippen molar-refractivity contribution in [2.75, 3.05) is 13.1 Å². The van der Waals surface area contributed by atoms with Crippen molar-refractivity contribution in [2.45, 2.75) is 44.3 Å². The average Bonchev–Trinajstić information content (AvgIpc) is 2.23. The standard InChI is InChI=1S/C10H17NO2/c1-9(2)8(12)7-10(13-9)3-5-11-6-4-10/h11H,3-7H2,1-2H3. The highest BCUT2D eigenvalue weighted by Gasteiger charge is 2.50. The normalized spacial score (nSPS) is 31.1. The molecule has 2 rings (SSSR count). The Labute approximate surface area is 78.8 Å². The second-order valence-corrected chi connectivity index (χ2v) is 4.65. The quantitative estimate of drug-likeness (QED) is 0.605. The van der Waals surface area contributed by atoms with Crippen LogP contribution in [0.5, 0.6) is 0 Å². The number of hydrogen-bond acceptors (Lipinski definition) is 3. The van der Waals surface area contributed by atoms with Gasteiger partial charge in [-0.25, -0.2) is 0 Å². The number of carbonyl (C=O) groups excluding carboxylic acids is 1. The topological polar surface area (TPSA) is 38.3 Å². The van der Waals surface area contributed by atoms with E-state index in [1.165, 1.54) is 0 Å². The Hall–Kier alpha value is -0.410. The summed E-state index contributed by atoms with van der Waals surface area (Å²) in [7, 11) is 0. The van der Waals surface area contributed by atoms with Crippen molar-refractivity contribution in [3.63, 3.8) is 0 Å². The number of Topliss-reactive ketones (excluding diaryl/α,β-unsaturated/α-hetero) is 1. The number of hydrogen-bond donors (Lipinski definition) is 1. The smallest absolute Gasteiger partial charge is 0.166 e. The molecule has 0 atom stereocenters. The fourth-order valence-electron chi connectivity index (χ4n) is 2.30. The molecule has 3 nitrogen and oxygen atoms in total. The van der Waals surface area contributed by atoms with E-state index in [0.29, 0.717) is 6.42 Å². The molecule has 0 saturated carbocycles. The summed E-state index contributed by atoms with van der Waals surface area (Å²) in [5.41, 5.74) is -0.677. The lowest BCUT2D eigenvalue weighted by molar-refractivity contribution is -0.136. The van der Waals surface area contributed by atoms with Gasteiger partial charge in [0.25, 0.3) is 0 Å². The van der Waals surface area contributed by atoms with Gasteiger partial charge in [0.2, 0.25) is 0 Å². The Morgan fingerprint density at radius 1 is 1.31 bits per heavy atom. The number of rotatable bonds is 0. The Kier molecular flexibility index (Phi) is 1.96. The molecule has 0 unspecified atom stereocenters. The number of ether oxygens (including phenoxy) is 1. The summed E-state index contributed by atoms with van der Waals surface area (Å²) in [4.78, 5) is 11.6. The van der Waals surface area contributed by atoms with E-state index in [1.54, 1.807) is 0 Å². The lowest BCUT2D eigenvalue weighted by Crippen LogP contribution is -2.43. The molecule has 0 amide bonds. The molecular formula is C10H17NO2.